The van der Waals surface area contributed by atoms with Gasteiger partial charge in [0, 0.05) is 29.4 Å². The van der Waals surface area contributed by atoms with E-state index in [0.29, 0.717) is 6.42 Å². The molecule has 4 N–H and O–H groups in total. The van der Waals surface area contributed by atoms with Crippen molar-refractivity contribution in [2.24, 2.45) is 0 Å². The van der Waals surface area contributed by atoms with E-state index in [2.05, 4.69) is 15.3 Å². The van der Waals surface area contributed by atoms with Crippen LogP contribution in [0.3, 0.4) is 0 Å². The van der Waals surface area contributed by atoms with Crippen LogP contribution in [0.5, 0.6) is 5.75 Å². The molecule has 6 nitrogen and oxygen atoms in total. The molecule has 1 aromatic carbocycles. The number of benzene rings is 1. The number of hydrogen-bond acceptors (Lipinski definition) is 4. The Labute approximate surface area is 144 Å². The summed E-state index contributed by atoms with van der Waals surface area (Å²) in [5.74, 6) is -0.0967. The number of aromatic amines is 1. The summed E-state index contributed by atoms with van der Waals surface area (Å²) >= 11 is 0. The van der Waals surface area contributed by atoms with Gasteiger partial charge in [-0.3, -0.25) is 4.79 Å². The Hall–Kier alpha value is -3.12. The molecule has 3 rings (SSSR count). The van der Waals surface area contributed by atoms with Gasteiger partial charge in [0.15, 0.2) is 0 Å². The Balaban J connectivity index is 1.63. The molecule has 0 spiro atoms. The number of phenols is 1. The average Bonchev–Trinajstić information content (AvgIpc) is 3.04. The molecule has 0 radical (unpaired) electrons. The van der Waals surface area contributed by atoms with Crippen LogP contribution in [-0.4, -0.2) is 38.7 Å². The maximum Gasteiger partial charge on any atom is 0.244 e. The van der Waals surface area contributed by atoms with Crippen molar-refractivity contribution in [3.63, 3.8) is 0 Å². The van der Waals surface area contributed by atoms with E-state index in [4.69, 9.17) is 0 Å². The molecule has 2 aromatic heterocycles. The number of H-pyrrole nitrogens is 1. The van der Waals surface area contributed by atoms with E-state index in [-0.39, 0.29) is 18.3 Å². The minimum Gasteiger partial charge on any atom is -0.508 e. The molecule has 128 valence electrons. The van der Waals surface area contributed by atoms with Gasteiger partial charge in [-0.15, -0.1) is 0 Å². The second-order valence-corrected chi connectivity index (χ2v) is 5.74. The van der Waals surface area contributed by atoms with Gasteiger partial charge in [-0.25, -0.2) is 4.98 Å². The van der Waals surface area contributed by atoms with Crippen LogP contribution < -0.4 is 5.32 Å². The van der Waals surface area contributed by atoms with E-state index >= 15 is 0 Å². The van der Waals surface area contributed by atoms with Gasteiger partial charge in [0.1, 0.15) is 11.4 Å². The number of hydrogen-bond donors (Lipinski definition) is 4. The molecule has 1 amide bonds. The Morgan fingerprint density at radius 1 is 1.28 bits per heavy atom. The van der Waals surface area contributed by atoms with Crippen LogP contribution in [-0.2, 0) is 11.2 Å². The minimum absolute atomic E-state index is 0.169. The third-order valence-electron chi connectivity index (χ3n) is 3.88. The number of amides is 1. The van der Waals surface area contributed by atoms with Gasteiger partial charge in [0.2, 0.25) is 5.91 Å². The van der Waals surface area contributed by atoms with Crippen LogP contribution in [0, 0.1) is 0 Å². The second kappa shape index (κ2) is 7.63. The summed E-state index contributed by atoms with van der Waals surface area (Å²) in [7, 11) is 0. The SMILES string of the molecule is O=C(C=Cc1c[nH]c2ncccc12)N[C@H](CO)Cc1ccc(O)cc1. The first-order chi connectivity index (χ1) is 12.2. The zero-order chi connectivity index (χ0) is 17.6. The van der Waals surface area contributed by atoms with E-state index in [1.165, 1.54) is 6.08 Å². The van der Waals surface area contributed by atoms with Crippen molar-refractivity contribution in [3.05, 3.63) is 66.0 Å². The number of carbonyl (C=O) groups excluding carboxylic acids is 1. The van der Waals surface area contributed by atoms with Crippen LogP contribution in [0.15, 0.2) is 54.9 Å². The van der Waals surface area contributed by atoms with Crippen LogP contribution in [0.1, 0.15) is 11.1 Å². The summed E-state index contributed by atoms with van der Waals surface area (Å²) in [6.45, 7) is -0.169. The average molecular weight is 337 g/mol. The van der Waals surface area contributed by atoms with E-state index in [1.807, 2.05) is 12.1 Å². The normalized spacial score (nSPS) is 12.5. The van der Waals surface area contributed by atoms with Crippen molar-refractivity contribution in [1.29, 1.82) is 0 Å². The van der Waals surface area contributed by atoms with Crippen LogP contribution in [0.4, 0.5) is 0 Å². The molecule has 25 heavy (non-hydrogen) atoms. The number of aromatic nitrogens is 2. The summed E-state index contributed by atoms with van der Waals surface area (Å²) in [6, 6.07) is 10.1. The molecule has 0 aliphatic carbocycles. The number of aliphatic hydroxyl groups is 1. The Morgan fingerprint density at radius 2 is 2.08 bits per heavy atom. The zero-order valence-corrected chi connectivity index (χ0v) is 13.5. The molecule has 0 unspecified atom stereocenters. The quantitative estimate of drug-likeness (QED) is 0.517. The maximum absolute atomic E-state index is 12.1. The van der Waals surface area contributed by atoms with Crippen molar-refractivity contribution >= 4 is 23.0 Å². The number of nitrogens with zero attached hydrogens (tertiary/aromatic N) is 1. The van der Waals surface area contributed by atoms with Gasteiger partial charge in [-0.1, -0.05) is 12.1 Å². The standard InChI is InChI=1S/C19H19N3O3/c23-12-15(10-13-3-6-16(24)7-4-13)22-18(25)8-5-14-11-21-19-17(14)2-1-9-20-19/h1-9,11,15,23-24H,10,12H2,(H,20,21)(H,22,25)/t15-/m0/s1. The van der Waals surface area contributed by atoms with Gasteiger partial charge < -0.3 is 20.5 Å². The fraction of sp³-hybridized carbons (Fsp3) is 0.158. The second-order valence-electron chi connectivity index (χ2n) is 5.74. The lowest BCUT2D eigenvalue weighted by molar-refractivity contribution is -0.117. The van der Waals surface area contributed by atoms with Crippen LogP contribution >= 0.6 is 0 Å². The van der Waals surface area contributed by atoms with E-state index in [9.17, 15) is 15.0 Å². The Morgan fingerprint density at radius 3 is 2.84 bits per heavy atom. The molecule has 0 fully saturated rings. The summed E-state index contributed by atoms with van der Waals surface area (Å²) in [5, 5.41) is 22.5. The van der Waals surface area contributed by atoms with Crippen molar-refractivity contribution < 1.29 is 15.0 Å². The van der Waals surface area contributed by atoms with Crippen molar-refractivity contribution in [2.75, 3.05) is 6.61 Å². The van der Waals surface area contributed by atoms with Crippen LogP contribution in [0.25, 0.3) is 17.1 Å². The lowest BCUT2D eigenvalue weighted by atomic mass is 10.1. The molecule has 0 saturated heterocycles. The minimum atomic E-state index is -0.397. The third kappa shape index (κ3) is 4.24. The molecule has 0 saturated carbocycles. The predicted octanol–water partition coefficient (Wildman–Crippen LogP) is 2.00. The number of phenolic OH excluding ortho intramolecular Hbond substituents is 1. The lowest BCUT2D eigenvalue weighted by Gasteiger charge is -2.15. The molecular formula is C19H19N3O3. The predicted molar refractivity (Wildman–Crippen MR) is 96.0 cm³/mol. The molecular weight excluding hydrogens is 318 g/mol. The number of rotatable bonds is 6. The smallest absolute Gasteiger partial charge is 0.244 e. The largest absolute Gasteiger partial charge is 0.508 e. The maximum atomic E-state index is 12.1. The van der Waals surface area contributed by atoms with Gasteiger partial charge >= 0.3 is 0 Å². The van der Waals surface area contributed by atoms with Crippen molar-refractivity contribution in [1.82, 2.24) is 15.3 Å². The Bertz CT molecular complexity index is 884. The first-order valence-electron chi connectivity index (χ1n) is 7.95. The van der Waals surface area contributed by atoms with Crippen molar-refractivity contribution in [3.8, 4) is 5.75 Å². The van der Waals surface area contributed by atoms with Gasteiger partial charge in [0.25, 0.3) is 0 Å². The van der Waals surface area contributed by atoms with Crippen molar-refractivity contribution in [2.45, 2.75) is 12.5 Å². The number of fused-ring (bicyclic) bond motifs is 1. The van der Waals surface area contributed by atoms with E-state index < -0.39 is 6.04 Å². The highest BCUT2D eigenvalue weighted by atomic mass is 16.3. The first-order valence-corrected chi connectivity index (χ1v) is 7.95. The summed E-state index contributed by atoms with van der Waals surface area (Å²) in [4.78, 5) is 19.4. The van der Waals surface area contributed by atoms with Gasteiger partial charge in [-0.2, -0.15) is 0 Å². The third-order valence-corrected chi connectivity index (χ3v) is 3.88. The number of aromatic hydroxyl groups is 1. The molecule has 2 heterocycles. The van der Waals surface area contributed by atoms with Gasteiger partial charge in [0.05, 0.1) is 12.6 Å². The highest BCUT2D eigenvalue weighted by molar-refractivity contribution is 5.95. The van der Waals surface area contributed by atoms with Crippen LogP contribution in [0.2, 0.25) is 0 Å². The number of carbonyl (C=O) groups is 1. The zero-order valence-electron chi connectivity index (χ0n) is 13.5. The lowest BCUT2D eigenvalue weighted by Crippen LogP contribution is -2.38. The molecule has 0 aliphatic rings. The number of pyridine rings is 1. The van der Waals surface area contributed by atoms with Gasteiger partial charge in [-0.05, 0) is 42.3 Å². The summed E-state index contributed by atoms with van der Waals surface area (Å²) in [5.41, 5.74) is 2.56. The molecule has 0 bridgehead atoms. The Kier molecular flexibility index (Phi) is 5.11. The fourth-order valence-electron chi connectivity index (χ4n) is 2.61. The molecule has 0 aliphatic heterocycles. The summed E-state index contributed by atoms with van der Waals surface area (Å²) in [6.07, 6.45) is 7.13. The topological polar surface area (TPSA) is 98.2 Å². The fourth-order valence-corrected chi connectivity index (χ4v) is 2.61. The summed E-state index contributed by atoms with van der Waals surface area (Å²) < 4.78 is 0. The highest BCUT2D eigenvalue weighted by Crippen LogP contribution is 2.16. The molecule has 1 atom stereocenters. The number of nitrogens with one attached hydrogen (secondary N) is 2. The monoisotopic (exact) mass is 337 g/mol. The van der Waals surface area contributed by atoms with E-state index in [1.54, 1.807) is 42.7 Å². The molecule has 3 aromatic rings. The highest BCUT2D eigenvalue weighted by Gasteiger charge is 2.11. The molecule has 6 heteroatoms. The first kappa shape index (κ1) is 16.7. The van der Waals surface area contributed by atoms with E-state index in [0.717, 1.165) is 22.2 Å². The number of aliphatic hydroxyl groups excluding tert-OH is 1.